The van der Waals surface area contributed by atoms with E-state index >= 15 is 0 Å². The van der Waals surface area contributed by atoms with Gasteiger partial charge in [0.05, 0.1) is 21.3 Å². The first-order chi connectivity index (χ1) is 14.0. The monoisotopic (exact) mass is 405 g/mol. The SMILES string of the molecule is COc1cc(CNC(=O)COC(=O)CCc2ccc(F)cc2)cc(OC)c1OC. The molecule has 29 heavy (non-hydrogen) atoms. The van der Waals surface area contributed by atoms with Crippen molar-refractivity contribution in [3.8, 4) is 17.2 Å². The minimum atomic E-state index is -0.503. The molecular weight excluding hydrogens is 381 g/mol. The molecule has 0 aromatic heterocycles. The summed E-state index contributed by atoms with van der Waals surface area (Å²) in [6.45, 7) is -0.185. The van der Waals surface area contributed by atoms with E-state index in [1.807, 2.05) is 0 Å². The van der Waals surface area contributed by atoms with Crippen molar-refractivity contribution in [3.05, 3.63) is 53.3 Å². The van der Waals surface area contributed by atoms with E-state index < -0.39 is 11.9 Å². The number of methoxy groups -OCH3 is 3. The average Bonchev–Trinajstić information content (AvgIpc) is 2.74. The Labute approximate surface area is 168 Å². The van der Waals surface area contributed by atoms with Gasteiger partial charge in [-0.1, -0.05) is 12.1 Å². The summed E-state index contributed by atoms with van der Waals surface area (Å²) in [4.78, 5) is 23.7. The molecule has 0 unspecified atom stereocenters. The molecule has 0 atom stereocenters. The molecule has 0 bridgehead atoms. The maximum atomic E-state index is 12.9. The van der Waals surface area contributed by atoms with Crippen molar-refractivity contribution < 1.29 is 32.9 Å². The molecule has 1 N–H and O–H groups in total. The third-order valence-electron chi connectivity index (χ3n) is 4.11. The predicted molar refractivity (Wildman–Crippen MR) is 104 cm³/mol. The van der Waals surface area contributed by atoms with Gasteiger partial charge in [0.2, 0.25) is 5.75 Å². The average molecular weight is 405 g/mol. The molecule has 0 aliphatic carbocycles. The van der Waals surface area contributed by atoms with E-state index in [-0.39, 0.29) is 25.4 Å². The van der Waals surface area contributed by atoms with Crippen molar-refractivity contribution >= 4 is 11.9 Å². The Bertz CT molecular complexity index is 813. The first-order valence-electron chi connectivity index (χ1n) is 8.92. The zero-order chi connectivity index (χ0) is 21.2. The van der Waals surface area contributed by atoms with Gasteiger partial charge in [0.1, 0.15) is 5.82 Å². The van der Waals surface area contributed by atoms with Crippen LogP contribution < -0.4 is 19.5 Å². The quantitative estimate of drug-likeness (QED) is 0.612. The smallest absolute Gasteiger partial charge is 0.306 e. The van der Waals surface area contributed by atoms with Crippen molar-refractivity contribution in [3.63, 3.8) is 0 Å². The summed E-state index contributed by atoms with van der Waals surface area (Å²) in [5, 5.41) is 2.66. The Morgan fingerprint density at radius 1 is 0.931 bits per heavy atom. The van der Waals surface area contributed by atoms with Gasteiger partial charge in [0.25, 0.3) is 5.91 Å². The molecule has 1 amide bonds. The van der Waals surface area contributed by atoms with Gasteiger partial charge in [-0.3, -0.25) is 9.59 Å². The van der Waals surface area contributed by atoms with Gasteiger partial charge in [-0.05, 0) is 41.8 Å². The molecule has 0 saturated carbocycles. The van der Waals surface area contributed by atoms with Crippen molar-refractivity contribution in [2.45, 2.75) is 19.4 Å². The summed E-state index contributed by atoms with van der Waals surface area (Å²) in [7, 11) is 4.52. The molecule has 2 aromatic rings. The Morgan fingerprint density at radius 3 is 2.10 bits per heavy atom. The van der Waals surface area contributed by atoms with Crippen LogP contribution in [0.5, 0.6) is 17.2 Å². The third-order valence-corrected chi connectivity index (χ3v) is 4.11. The van der Waals surface area contributed by atoms with Crippen LogP contribution in [0.25, 0.3) is 0 Å². The topological polar surface area (TPSA) is 83.1 Å². The number of hydrogen-bond acceptors (Lipinski definition) is 6. The highest BCUT2D eigenvalue weighted by Gasteiger charge is 2.14. The Hall–Kier alpha value is -3.29. The van der Waals surface area contributed by atoms with Crippen LogP contribution in [0.4, 0.5) is 4.39 Å². The lowest BCUT2D eigenvalue weighted by molar-refractivity contribution is -0.148. The molecule has 156 valence electrons. The fraction of sp³-hybridized carbons (Fsp3) is 0.333. The summed E-state index contributed by atoms with van der Waals surface area (Å²) in [6, 6.07) is 9.31. The van der Waals surface area contributed by atoms with Gasteiger partial charge < -0.3 is 24.3 Å². The Morgan fingerprint density at radius 2 is 1.55 bits per heavy atom. The molecular formula is C21H24FNO6. The highest BCUT2D eigenvalue weighted by molar-refractivity contribution is 5.80. The number of amides is 1. The second-order valence-corrected chi connectivity index (χ2v) is 6.10. The second kappa shape index (κ2) is 10.9. The summed E-state index contributed by atoms with van der Waals surface area (Å²) in [6.07, 6.45) is 0.512. The number of carbonyl (C=O) groups excluding carboxylic acids is 2. The highest BCUT2D eigenvalue weighted by Crippen LogP contribution is 2.38. The lowest BCUT2D eigenvalue weighted by Gasteiger charge is -2.14. The number of halogens is 1. The molecule has 2 rings (SSSR count). The van der Waals surface area contributed by atoms with E-state index in [1.165, 1.54) is 33.5 Å². The van der Waals surface area contributed by atoms with E-state index in [1.54, 1.807) is 24.3 Å². The molecule has 0 spiro atoms. The number of aryl methyl sites for hydroxylation is 1. The molecule has 8 heteroatoms. The zero-order valence-corrected chi connectivity index (χ0v) is 16.6. The van der Waals surface area contributed by atoms with E-state index in [0.717, 1.165) is 11.1 Å². The number of rotatable bonds is 10. The summed E-state index contributed by atoms with van der Waals surface area (Å²) in [5.74, 6) is 0.137. The molecule has 0 saturated heterocycles. The molecule has 0 heterocycles. The standard InChI is InChI=1S/C21H24FNO6/c1-26-17-10-15(11-18(27-2)21(17)28-3)12-23-19(24)13-29-20(25)9-6-14-4-7-16(22)8-5-14/h4-5,7-8,10-11H,6,9,12-13H2,1-3H3,(H,23,24). The van der Waals surface area contributed by atoms with Crippen molar-refractivity contribution in [2.75, 3.05) is 27.9 Å². The van der Waals surface area contributed by atoms with Crippen molar-refractivity contribution in [2.24, 2.45) is 0 Å². The minimum absolute atomic E-state index is 0.103. The maximum absolute atomic E-state index is 12.9. The van der Waals surface area contributed by atoms with Crippen LogP contribution in [-0.2, 0) is 27.3 Å². The molecule has 7 nitrogen and oxygen atoms in total. The Kier molecular flexibility index (Phi) is 8.27. The summed E-state index contributed by atoms with van der Waals surface area (Å²) in [5.41, 5.74) is 1.55. The zero-order valence-electron chi connectivity index (χ0n) is 16.6. The lowest BCUT2D eigenvalue weighted by Crippen LogP contribution is -2.28. The number of esters is 1. The summed E-state index contributed by atoms with van der Waals surface area (Å²) >= 11 is 0. The van der Waals surface area contributed by atoms with Gasteiger partial charge in [0, 0.05) is 13.0 Å². The van der Waals surface area contributed by atoms with Crippen LogP contribution in [0, 0.1) is 5.82 Å². The van der Waals surface area contributed by atoms with Gasteiger partial charge in [-0.2, -0.15) is 0 Å². The van der Waals surface area contributed by atoms with Crippen LogP contribution in [0.15, 0.2) is 36.4 Å². The van der Waals surface area contributed by atoms with Crippen LogP contribution in [0.1, 0.15) is 17.5 Å². The minimum Gasteiger partial charge on any atom is -0.493 e. The first kappa shape index (κ1) is 22.0. The van der Waals surface area contributed by atoms with Gasteiger partial charge >= 0.3 is 5.97 Å². The molecule has 0 aliphatic heterocycles. The maximum Gasteiger partial charge on any atom is 0.306 e. The first-order valence-corrected chi connectivity index (χ1v) is 8.92. The van der Waals surface area contributed by atoms with Crippen LogP contribution >= 0.6 is 0 Å². The lowest BCUT2D eigenvalue weighted by atomic mass is 10.1. The fourth-order valence-electron chi connectivity index (χ4n) is 2.60. The van der Waals surface area contributed by atoms with Crippen LogP contribution in [-0.4, -0.2) is 39.8 Å². The molecule has 0 fully saturated rings. The van der Waals surface area contributed by atoms with Gasteiger partial charge in [0.15, 0.2) is 18.1 Å². The number of hydrogen-bond donors (Lipinski definition) is 1. The number of ether oxygens (including phenoxy) is 4. The van der Waals surface area contributed by atoms with Crippen molar-refractivity contribution in [1.29, 1.82) is 0 Å². The van der Waals surface area contributed by atoms with E-state index in [4.69, 9.17) is 18.9 Å². The highest BCUT2D eigenvalue weighted by atomic mass is 19.1. The van der Waals surface area contributed by atoms with E-state index in [2.05, 4.69) is 5.32 Å². The fourth-order valence-corrected chi connectivity index (χ4v) is 2.60. The molecule has 2 aromatic carbocycles. The van der Waals surface area contributed by atoms with Crippen molar-refractivity contribution in [1.82, 2.24) is 5.32 Å². The third kappa shape index (κ3) is 6.67. The normalized spacial score (nSPS) is 10.2. The largest absolute Gasteiger partial charge is 0.493 e. The van der Waals surface area contributed by atoms with E-state index in [0.29, 0.717) is 23.7 Å². The Balaban J connectivity index is 1.79. The number of benzene rings is 2. The predicted octanol–water partition coefficient (Wildman–Crippen LogP) is 2.64. The van der Waals surface area contributed by atoms with Gasteiger partial charge in [-0.15, -0.1) is 0 Å². The summed E-state index contributed by atoms with van der Waals surface area (Å²) < 4.78 is 33.6. The molecule has 0 aliphatic rings. The van der Waals surface area contributed by atoms with E-state index in [9.17, 15) is 14.0 Å². The molecule has 0 radical (unpaired) electrons. The van der Waals surface area contributed by atoms with Crippen LogP contribution in [0.3, 0.4) is 0 Å². The van der Waals surface area contributed by atoms with Gasteiger partial charge in [-0.25, -0.2) is 4.39 Å². The number of nitrogens with one attached hydrogen (secondary N) is 1. The second-order valence-electron chi connectivity index (χ2n) is 6.10. The van der Waals surface area contributed by atoms with Crippen LogP contribution in [0.2, 0.25) is 0 Å². The number of carbonyl (C=O) groups is 2.